The molecule has 0 atom stereocenters. The molecule has 1 aliphatic rings. The molecule has 1 saturated heterocycles. The Kier molecular flexibility index (Phi) is 4.61. The second kappa shape index (κ2) is 6.21. The Balaban J connectivity index is 1.93. The highest BCUT2D eigenvalue weighted by Gasteiger charge is 2.14. The van der Waals surface area contributed by atoms with E-state index in [0.29, 0.717) is 23.1 Å². The lowest BCUT2D eigenvalue weighted by molar-refractivity contribution is 0.0497. The molecule has 1 aromatic carbocycles. The maximum absolute atomic E-state index is 11.2. The standard InChI is InChI=1S/C14H17ClO3/c1-10(16)13-3-2-12(8-14(13)15)18-9-11-4-6-17-7-5-11/h2-3,8,11H,4-7,9H2,1H3. The zero-order chi connectivity index (χ0) is 13.0. The van der Waals surface area contributed by atoms with Gasteiger partial charge in [-0.15, -0.1) is 0 Å². The molecule has 1 fully saturated rings. The maximum Gasteiger partial charge on any atom is 0.161 e. The molecule has 3 nitrogen and oxygen atoms in total. The normalized spacial score (nSPS) is 16.6. The minimum absolute atomic E-state index is 0.0315. The predicted molar refractivity (Wildman–Crippen MR) is 70.5 cm³/mol. The van der Waals surface area contributed by atoms with E-state index in [4.69, 9.17) is 21.1 Å². The molecular weight excluding hydrogens is 252 g/mol. The van der Waals surface area contributed by atoms with Gasteiger partial charge in [0.25, 0.3) is 0 Å². The number of ketones is 1. The summed E-state index contributed by atoms with van der Waals surface area (Å²) in [6, 6.07) is 5.21. The third kappa shape index (κ3) is 3.47. The number of hydrogen-bond acceptors (Lipinski definition) is 3. The Morgan fingerprint density at radius 1 is 1.44 bits per heavy atom. The van der Waals surface area contributed by atoms with Crippen LogP contribution in [0.25, 0.3) is 0 Å². The van der Waals surface area contributed by atoms with Gasteiger partial charge in [0.1, 0.15) is 5.75 Å². The van der Waals surface area contributed by atoms with Crippen LogP contribution in [0.2, 0.25) is 5.02 Å². The van der Waals surface area contributed by atoms with E-state index in [1.54, 1.807) is 18.2 Å². The van der Waals surface area contributed by atoms with Crippen molar-refractivity contribution in [2.45, 2.75) is 19.8 Å². The van der Waals surface area contributed by atoms with Crippen LogP contribution in [0.1, 0.15) is 30.1 Å². The van der Waals surface area contributed by atoms with Crippen molar-refractivity contribution in [2.24, 2.45) is 5.92 Å². The van der Waals surface area contributed by atoms with E-state index >= 15 is 0 Å². The molecule has 0 amide bonds. The van der Waals surface area contributed by atoms with Crippen molar-refractivity contribution in [2.75, 3.05) is 19.8 Å². The quantitative estimate of drug-likeness (QED) is 0.786. The average Bonchev–Trinajstić information content (AvgIpc) is 2.37. The monoisotopic (exact) mass is 268 g/mol. The van der Waals surface area contributed by atoms with Gasteiger partial charge in [0.15, 0.2) is 5.78 Å². The van der Waals surface area contributed by atoms with Crippen molar-refractivity contribution in [3.8, 4) is 5.75 Å². The zero-order valence-electron chi connectivity index (χ0n) is 10.4. The van der Waals surface area contributed by atoms with Crippen LogP contribution in [0.5, 0.6) is 5.75 Å². The second-order valence-electron chi connectivity index (χ2n) is 4.56. The van der Waals surface area contributed by atoms with E-state index in [2.05, 4.69) is 0 Å². The van der Waals surface area contributed by atoms with Crippen molar-refractivity contribution in [1.82, 2.24) is 0 Å². The number of Topliss-reactive ketones (excluding diaryl/α,β-unsaturated/α-hetero) is 1. The molecule has 98 valence electrons. The molecule has 1 aromatic rings. The van der Waals surface area contributed by atoms with Crippen molar-refractivity contribution in [3.05, 3.63) is 28.8 Å². The zero-order valence-corrected chi connectivity index (χ0v) is 11.2. The Bertz CT molecular complexity index is 425. The van der Waals surface area contributed by atoms with Gasteiger partial charge in [-0.05, 0) is 43.9 Å². The van der Waals surface area contributed by atoms with Crippen molar-refractivity contribution < 1.29 is 14.3 Å². The Hall–Kier alpha value is -1.06. The molecule has 1 aliphatic heterocycles. The van der Waals surface area contributed by atoms with E-state index in [9.17, 15) is 4.79 Å². The molecule has 0 radical (unpaired) electrons. The lowest BCUT2D eigenvalue weighted by Gasteiger charge is -2.22. The van der Waals surface area contributed by atoms with Crippen LogP contribution in [-0.2, 0) is 4.74 Å². The van der Waals surface area contributed by atoms with Crippen LogP contribution in [0.4, 0.5) is 0 Å². The summed E-state index contributed by atoms with van der Waals surface area (Å²) >= 11 is 6.03. The van der Waals surface area contributed by atoms with Gasteiger partial charge >= 0.3 is 0 Å². The topological polar surface area (TPSA) is 35.5 Å². The molecule has 0 N–H and O–H groups in total. The minimum atomic E-state index is -0.0315. The fourth-order valence-corrected chi connectivity index (χ4v) is 2.30. The summed E-state index contributed by atoms with van der Waals surface area (Å²) in [5, 5.41) is 0.451. The first kappa shape index (κ1) is 13.4. The molecule has 0 spiro atoms. The van der Waals surface area contributed by atoms with Crippen LogP contribution in [0.3, 0.4) is 0 Å². The van der Waals surface area contributed by atoms with Crippen LogP contribution in [0, 0.1) is 5.92 Å². The smallest absolute Gasteiger partial charge is 0.161 e. The molecule has 0 unspecified atom stereocenters. The third-order valence-corrected chi connectivity index (χ3v) is 3.46. The predicted octanol–water partition coefficient (Wildman–Crippen LogP) is 3.35. The number of halogens is 1. The summed E-state index contributed by atoms with van der Waals surface area (Å²) in [7, 11) is 0. The molecule has 0 saturated carbocycles. The lowest BCUT2D eigenvalue weighted by atomic mass is 10.0. The fourth-order valence-electron chi connectivity index (χ4n) is 2.00. The van der Waals surface area contributed by atoms with Gasteiger partial charge in [-0.25, -0.2) is 0 Å². The molecule has 2 rings (SSSR count). The van der Waals surface area contributed by atoms with Crippen LogP contribution in [0.15, 0.2) is 18.2 Å². The summed E-state index contributed by atoms with van der Waals surface area (Å²) in [6.07, 6.45) is 2.08. The molecule has 4 heteroatoms. The third-order valence-electron chi connectivity index (χ3n) is 3.15. The van der Waals surface area contributed by atoms with Gasteiger partial charge in [0.2, 0.25) is 0 Å². The summed E-state index contributed by atoms with van der Waals surface area (Å²) in [5.74, 6) is 1.23. The van der Waals surface area contributed by atoms with Gasteiger partial charge in [-0.3, -0.25) is 4.79 Å². The van der Waals surface area contributed by atoms with E-state index in [1.807, 2.05) is 0 Å². The Morgan fingerprint density at radius 2 is 2.17 bits per heavy atom. The molecular formula is C14H17ClO3. The van der Waals surface area contributed by atoms with Gasteiger partial charge in [-0.1, -0.05) is 11.6 Å². The molecule has 1 heterocycles. The first-order valence-corrected chi connectivity index (χ1v) is 6.55. The summed E-state index contributed by atoms with van der Waals surface area (Å²) < 4.78 is 11.0. The number of carbonyl (C=O) groups is 1. The van der Waals surface area contributed by atoms with E-state index in [-0.39, 0.29) is 5.78 Å². The highest BCUT2D eigenvalue weighted by molar-refractivity contribution is 6.34. The number of hydrogen-bond donors (Lipinski definition) is 0. The molecule has 0 bridgehead atoms. The SMILES string of the molecule is CC(=O)c1ccc(OCC2CCOCC2)cc1Cl. The summed E-state index contributed by atoms with van der Waals surface area (Å²) in [6.45, 7) is 3.82. The van der Waals surface area contributed by atoms with E-state index < -0.39 is 0 Å². The highest BCUT2D eigenvalue weighted by atomic mass is 35.5. The van der Waals surface area contributed by atoms with Gasteiger partial charge in [0.05, 0.1) is 11.6 Å². The molecule has 0 aliphatic carbocycles. The van der Waals surface area contributed by atoms with Crippen LogP contribution < -0.4 is 4.74 Å². The van der Waals surface area contributed by atoms with Crippen molar-refractivity contribution in [1.29, 1.82) is 0 Å². The van der Waals surface area contributed by atoms with Crippen molar-refractivity contribution in [3.63, 3.8) is 0 Å². The van der Waals surface area contributed by atoms with Crippen LogP contribution >= 0.6 is 11.6 Å². The summed E-state index contributed by atoms with van der Waals surface area (Å²) in [5.41, 5.74) is 0.537. The average molecular weight is 269 g/mol. The number of benzene rings is 1. The van der Waals surface area contributed by atoms with E-state index in [1.165, 1.54) is 6.92 Å². The van der Waals surface area contributed by atoms with Gasteiger partial charge in [-0.2, -0.15) is 0 Å². The summed E-state index contributed by atoms with van der Waals surface area (Å²) in [4.78, 5) is 11.2. The number of carbonyl (C=O) groups excluding carboxylic acids is 1. The Labute approximate surface area is 112 Å². The second-order valence-corrected chi connectivity index (χ2v) is 4.97. The maximum atomic E-state index is 11.2. The van der Waals surface area contributed by atoms with Gasteiger partial charge < -0.3 is 9.47 Å². The largest absolute Gasteiger partial charge is 0.493 e. The minimum Gasteiger partial charge on any atom is -0.493 e. The van der Waals surface area contributed by atoms with E-state index in [0.717, 1.165) is 31.8 Å². The fraction of sp³-hybridized carbons (Fsp3) is 0.500. The Morgan fingerprint density at radius 3 is 2.78 bits per heavy atom. The first-order valence-electron chi connectivity index (χ1n) is 6.18. The first-order chi connectivity index (χ1) is 8.66. The highest BCUT2D eigenvalue weighted by Crippen LogP contribution is 2.24. The van der Waals surface area contributed by atoms with Crippen LogP contribution in [-0.4, -0.2) is 25.6 Å². The number of ether oxygens (including phenoxy) is 2. The lowest BCUT2D eigenvalue weighted by Crippen LogP contribution is -2.21. The van der Waals surface area contributed by atoms with Gasteiger partial charge in [0, 0.05) is 18.8 Å². The molecule has 18 heavy (non-hydrogen) atoms. The number of rotatable bonds is 4. The van der Waals surface area contributed by atoms with Crippen molar-refractivity contribution >= 4 is 17.4 Å². The molecule has 0 aromatic heterocycles.